The van der Waals surface area contributed by atoms with Crippen molar-refractivity contribution in [3.63, 3.8) is 0 Å². The van der Waals surface area contributed by atoms with Gasteiger partial charge >= 0.3 is 0 Å². The summed E-state index contributed by atoms with van der Waals surface area (Å²) in [5, 5.41) is 12.5. The van der Waals surface area contributed by atoms with Gasteiger partial charge in [0.2, 0.25) is 0 Å². The van der Waals surface area contributed by atoms with E-state index in [1.165, 1.54) is 38.5 Å². The molecule has 0 aromatic carbocycles. The molecule has 3 nitrogen and oxygen atoms in total. The second-order valence-corrected chi connectivity index (χ2v) is 5.83. The normalized spacial score (nSPS) is 32.2. The fourth-order valence-corrected chi connectivity index (χ4v) is 3.12. The molecule has 3 heteroatoms. The highest BCUT2D eigenvalue weighted by atomic mass is 15.1. The van der Waals surface area contributed by atoms with Gasteiger partial charge < -0.3 is 5.32 Å². The van der Waals surface area contributed by atoms with E-state index in [-0.39, 0.29) is 0 Å². The van der Waals surface area contributed by atoms with Gasteiger partial charge in [0.15, 0.2) is 0 Å². The maximum atomic E-state index is 8.66. The molecular weight excluding hydrogens is 210 g/mol. The molecule has 1 saturated heterocycles. The number of piperidine rings is 1. The van der Waals surface area contributed by atoms with Gasteiger partial charge in [0.1, 0.15) is 0 Å². The zero-order chi connectivity index (χ0) is 12.1. The van der Waals surface area contributed by atoms with Crippen molar-refractivity contribution >= 4 is 0 Å². The molecule has 17 heavy (non-hydrogen) atoms. The number of rotatable bonds is 3. The molecule has 0 atom stereocenters. The van der Waals surface area contributed by atoms with Gasteiger partial charge in [-0.1, -0.05) is 6.92 Å². The third kappa shape index (κ3) is 3.97. The molecule has 0 bridgehead atoms. The fraction of sp³-hybridized carbons (Fsp3) is 0.929. The minimum absolute atomic E-state index is 0.605. The van der Waals surface area contributed by atoms with Gasteiger partial charge in [-0.05, 0) is 44.4 Å². The summed E-state index contributed by atoms with van der Waals surface area (Å²) in [5.41, 5.74) is 0. The van der Waals surface area contributed by atoms with Gasteiger partial charge in [0.25, 0.3) is 0 Å². The molecule has 2 rings (SSSR count). The van der Waals surface area contributed by atoms with Crippen molar-refractivity contribution in [2.24, 2.45) is 5.92 Å². The van der Waals surface area contributed by atoms with E-state index in [1.807, 2.05) is 0 Å². The van der Waals surface area contributed by atoms with Gasteiger partial charge in [0.05, 0.1) is 12.6 Å². The topological polar surface area (TPSA) is 39.1 Å². The van der Waals surface area contributed by atoms with Crippen molar-refractivity contribution in [3.8, 4) is 6.07 Å². The third-order valence-electron chi connectivity index (χ3n) is 4.37. The van der Waals surface area contributed by atoms with Crippen LogP contribution in [0, 0.1) is 17.2 Å². The van der Waals surface area contributed by atoms with Crippen molar-refractivity contribution in [2.75, 3.05) is 19.6 Å². The van der Waals surface area contributed by atoms with Crippen molar-refractivity contribution < 1.29 is 0 Å². The monoisotopic (exact) mass is 235 g/mol. The van der Waals surface area contributed by atoms with E-state index in [2.05, 4.69) is 23.2 Å². The number of nitriles is 1. The van der Waals surface area contributed by atoms with Crippen LogP contribution in [0.3, 0.4) is 0 Å². The first-order valence-electron chi connectivity index (χ1n) is 7.13. The molecule has 0 radical (unpaired) electrons. The molecule has 0 aromatic heterocycles. The Kier molecular flexibility index (Phi) is 4.82. The van der Waals surface area contributed by atoms with E-state index in [9.17, 15) is 0 Å². The van der Waals surface area contributed by atoms with Crippen LogP contribution in [-0.2, 0) is 0 Å². The molecule has 2 fully saturated rings. The molecule has 2 aliphatic rings. The first-order chi connectivity index (χ1) is 8.28. The molecule has 0 aromatic rings. The molecular formula is C14H25N3. The molecule has 1 aliphatic heterocycles. The standard InChI is InChI=1S/C14H25N3/c1-12-2-4-13(5-3-12)16-14-6-9-17(10-7-14)11-8-15/h12-14,16H,2-7,9-11H2,1H3. The van der Waals surface area contributed by atoms with E-state index < -0.39 is 0 Å². The molecule has 1 N–H and O–H groups in total. The first kappa shape index (κ1) is 12.9. The predicted octanol–water partition coefficient (Wildman–Crippen LogP) is 2.14. The molecule has 1 aliphatic carbocycles. The minimum Gasteiger partial charge on any atom is -0.311 e. The lowest BCUT2D eigenvalue weighted by atomic mass is 9.86. The smallest absolute Gasteiger partial charge is 0.0866 e. The Morgan fingerprint density at radius 3 is 2.24 bits per heavy atom. The average molecular weight is 235 g/mol. The highest BCUT2D eigenvalue weighted by molar-refractivity contribution is 4.86. The first-order valence-corrected chi connectivity index (χ1v) is 7.13. The van der Waals surface area contributed by atoms with Crippen LogP contribution in [0.25, 0.3) is 0 Å². The summed E-state index contributed by atoms with van der Waals surface area (Å²) in [4.78, 5) is 2.27. The summed E-state index contributed by atoms with van der Waals surface area (Å²) in [6.45, 7) is 5.16. The number of nitrogens with one attached hydrogen (secondary N) is 1. The number of likely N-dealkylation sites (tertiary alicyclic amines) is 1. The summed E-state index contributed by atoms with van der Waals surface area (Å²) in [7, 11) is 0. The Labute approximate surface area is 105 Å². The number of hydrogen-bond acceptors (Lipinski definition) is 3. The van der Waals surface area contributed by atoms with Crippen molar-refractivity contribution in [1.29, 1.82) is 5.26 Å². The Balaban J connectivity index is 1.66. The number of hydrogen-bond donors (Lipinski definition) is 1. The summed E-state index contributed by atoms with van der Waals surface area (Å²) >= 11 is 0. The minimum atomic E-state index is 0.605. The third-order valence-corrected chi connectivity index (χ3v) is 4.37. The van der Waals surface area contributed by atoms with Crippen LogP contribution >= 0.6 is 0 Å². The van der Waals surface area contributed by atoms with Crippen molar-refractivity contribution in [1.82, 2.24) is 10.2 Å². The van der Waals surface area contributed by atoms with E-state index in [0.717, 1.165) is 25.0 Å². The molecule has 0 spiro atoms. The second kappa shape index (κ2) is 6.37. The zero-order valence-electron chi connectivity index (χ0n) is 11.0. The molecule has 1 heterocycles. The van der Waals surface area contributed by atoms with Gasteiger partial charge in [-0.3, -0.25) is 4.90 Å². The SMILES string of the molecule is CC1CCC(NC2CCN(CC#N)CC2)CC1. The van der Waals surface area contributed by atoms with Crippen LogP contribution in [0.2, 0.25) is 0 Å². The van der Waals surface area contributed by atoms with E-state index in [4.69, 9.17) is 5.26 Å². The maximum Gasteiger partial charge on any atom is 0.0866 e. The van der Waals surface area contributed by atoms with E-state index in [1.54, 1.807) is 0 Å². The van der Waals surface area contributed by atoms with Crippen LogP contribution in [0.5, 0.6) is 0 Å². The van der Waals surface area contributed by atoms with Crippen molar-refractivity contribution in [3.05, 3.63) is 0 Å². The Morgan fingerprint density at radius 2 is 1.65 bits per heavy atom. The lowest BCUT2D eigenvalue weighted by Crippen LogP contribution is -2.47. The fourth-order valence-electron chi connectivity index (χ4n) is 3.12. The molecule has 0 unspecified atom stereocenters. The Hall–Kier alpha value is -0.590. The lowest BCUT2D eigenvalue weighted by molar-refractivity contribution is 0.193. The van der Waals surface area contributed by atoms with Crippen LogP contribution < -0.4 is 5.32 Å². The lowest BCUT2D eigenvalue weighted by Gasteiger charge is -2.35. The highest BCUT2D eigenvalue weighted by Gasteiger charge is 2.23. The van der Waals surface area contributed by atoms with E-state index >= 15 is 0 Å². The largest absolute Gasteiger partial charge is 0.311 e. The maximum absolute atomic E-state index is 8.66. The number of nitrogens with zero attached hydrogens (tertiary/aromatic N) is 2. The summed E-state index contributed by atoms with van der Waals surface area (Å²) in [5.74, 6) is 0.936. The van der Waals surface area contributed by atoms with Crippen LogP contribution in [0.1, 0.15) is 45.4 Å². The Morgan fingerprint density at radius 1 is 1.06 bits per heavy atom. The quantitative estimate of drug-likeness (QED) is 0.762. The molecule has 96 valence electrons. The highest BCUT2D eigenvalue weighted by Crippen LogP contribution is 2.24. The van der Waals surface area contributed by atoms with Crippen LogP contribution in [0.15, 0.2) is 0 Å². The van der Waals surface area contributed by atoms with Crippen molar-refractivity contribution in [2.45, 2.75) is 57.5 Å². The van der Waals surface area contributed by atoms with Gasteiger partial charge in [-0.25, -0.2) is 0 Å². The predicted molar refractivity (Wildman–Crippen MR) is 69.6 cm³/mol. The zero-order valence-corrected chi connectivity index (χ0v) is 11.0. The van der Waals surface area contributed by atoms with Crippen LogP contribution in [0.4, 0.5) is 0 Å². The Bertz CT molecular complexity index is 255. The summed E-state index contributed by atoms with van der Waals surface area (Å²) < 4.78 is 0. The summed E-state index contributed by atoms with van der Waals surface area (Å²) in [6.07, 6.45) is 7.94. The molecule has 0 amide bonds. The summed E-state index contributed by atoms with van der Waals surface area (Å²) in [6, 6.07) is 3.70. The van der Waals surface area contributed by atoms with Gasteiger partial charge in [0, 0.05) is 25.2 Å². The van der Waals surface area contributed by atoms with E-state index in [0.29, 0.717) is 12.6 Å². The van der Waals surface area contributed by atoms with Gasteiger partial charge in [-0.2, -0.15) is 5.26 Å². The van der Waals surface area contributed by atoms with Gasteiger partial charge in [-0.15, -0.1) is 0 Å². The molecule has 1 saturated carbocycles. The average Bonchev–Trinajstić information content (AvgIpc) is 2.35. The second-order valence-electron chi connectivity index (χ2n) is 5.83. The van der Waals surface area contributed by atoms with Crippen LogP contribution in [-0.4, -0.2) is 36.6 Å².